The van der Waals surface area contributed by atoms with Crippen LogP contribution in [0.4, 0.5) is 0 Å². The van der Waals surface area contributed by atoms with Crippen LogP contribution in [0.5, 0.6) is 0 Å². The fraction of sp³-hybridized carbons (Fsp3) is 0. The molecule has 2 nitrogen and oxygen atoms in total. The third-order valence-electron chi connectivity index (χ3n) is 0. The molecule has 0 aliphatic rings. The van der Waals surface area contributed by atoms with Crippen LogP contribution in [0.3, 0.4) is 0 Å². The fourth-order valence-corrected chi connectivity index (χ4v) is 0. The third-order valence-corrected chi connectivity index (χ3v) is 0. The molecule has 0 heterocycles. The van der Waals surface area contributed by atoms with Gasteiger partial charge in [-0.05, 0) is 0 Å². The van der Waals surface area contributed by atoms with E-state index in [-0.39, 0.29) is 33.8 Å². The fourth-order valence-electron chi connectivity index (χ4n) is 0. The summed E-state index contributed by atoms with van der Waals surface area (Å²) in [6.45, 7) is 0. The number of rotatable bonds is 0. The Bertz CT molecular complexity index is 8.00. The van der Waals surface area contributed by atoms with Gasteiger partial charge >= 0.3 is 55.5 Å². The van der Waals surface area contributed by atoms with Crippen LogP contribution in [0, 0.1) is 33.8 Å². The number of hydrogen-bond donors (Lipinski definition) is 0. The Hall–Kier alpha value is 1.33. The Morgan fingerprint density at radius 1 is 1.25 bits per heavy atom. The van der Waals surface area contributed by atoms with Gasteiger partial charge in [-0.2, -0.15) is 0 Å². The van der Waals surface area contributed by atoms with Crippen molar-refractivity contribution in [3.63, 3.8) is 0 Å². The second-order valence-corrected chi connectivity index (χ2v) is 0. The molecule has 0 aromatic rings. The molecule has 0 saturated carbocycles. The molecule has 4 heteroatoms. The Morgan fingerprint density at radius 3 is 1.25 bits per heavy atom. The predicted octanol–water partition coefficient (Wildman–Crippen LogP) is -0.886. The van der Waals surface area contributed by atoms with Crippen LogP contribution in [0.25, 0.3) is 0 Å². The zero-order chi connectivity index (χ0) is 4.00. The maximum absolute atomic E-state index is 8.42. The van der Waals surface area contributed by atoms with Gasteiger partial charge in [0.25, 0.3) is 0 Å². The Morgan fingerprint density at radius 2 is 1.25 bits per heavy atom. The molecule has 0 spiro atoms. The molecule has 19 valence electrons. The molecular formula is HAlLaO2. The van der Waals surface area contributed by atoms with Crippen molar-refractivity contribution in [2.75, 3.05) is 0 Å². The second kappa shape index (κ2) is 27.2. The van der Waals surface area contributed by atoms with Gasteiger partial charge < -0.3 is 0 Å². The van der Waals surface area contributed by atoms with Crippen LogP contribution in [0.2, 0.25) is 0 Å². The van der Waals surface area contributed by atoms with E-state index in [9.17, 15) is 0 Å². The van der Waals surface area contributed by atoms with E-state index in [2.05, 4.69) is 0 Å². The Balaban J connectivity index is 0. The van der Waals surface area contributed by atoms with Crippen LogP contribution in [0.15, 0.2) is 0 Å². The third kappa shape index (κ3) is 10.2. The van der Waals surface area contributed by atoms with Crippen molar-refractivity contribution in [2.45, 2.75) is 0 Å². The summed E-state index contributed by atoms with van der Waals surface area (Å²) in [5.74, 6) is 0. The van der Waals surface area contributed by atoms with E-state index in [0.29, 0.717) is 16.2 Å². The van der Waals surface area contributed by atoms with E-state index >= 15 is 0 Å². The summed E-state index contributed by atoms with van der Waals surface area (Å²) in [6.07, 6.45) is 0. The average molecular weight is 199 g/mol. The molecule has 0 fully saturated rings. The topological polar surface area (TPSA) is 34.1 Å². The summed E-state index contributed by atoms with van der Waals surface area (Å²) in [6, 6.07) is 0. The first-order valence-corrected chi connectivity index (χ1v) is 2.58. The first-order valence-electron chi connectivity index (χ1n) is 0.524. The van der Waals surface area contributed by atoms with Gasteiger partial charge in [0.15, 0.2) is 0 Å². The van der Waals surface area contributed by atoms with Crippen molar-refractivity contribution in [2.24, 2.45) is 0 Å². The van der Waals surface area contributed by atoms with E-state index in [1.165, 1.54) is 0 Å². The van der Waals surface area contributed by atoms with Gasteiger partial charge in [-0.1, -0.05) is 0 Å². The summed E-state index contributed by atoms with van der Waals surface area (Å²) >= 11 is 0.528. The van der Waals surface area contributed by atoms with Crippen LogP contribution in [0.1, 0.15) is 0 Å². The predicted molar refractivity (Wildman–Crippen MR) is 8.52 cm³/mol. The molecule has 0 bridgehead atoms. The molecule has 0 saturated heterocycles. The van der Waals surface area contributed by atoms with E-state index in [4.69, 9.17) is 5.50 Å². The molecule has 0 unspecified atom stereocenters. The summed E-state index contributed by atoms with van der Waals surface area (Å²) < 4.78 is 16.7. The molecular weight excluding hydrogens is 198 g/mol. The van der Waals surface area contributed by atoms with Crippen LogP contribution < -0.4 is 0 Å². The van der Waals surface area contributed by atoms with Crippen molar-refractivity contribution < 1.29 is 39.3 Å². The first kappa shape index (κ1) is 9.01. The van der Waals surface area contributed by atoms with Gasteiger partial charge in [-0.25, -0.2) is 0 Å². The van der Waals surface area contributed by atoms with Crippen molar-refractivity contribution in [3.05, 3.63) is 0 Å². The maximum atomic E-state index is 8.42. The summed E-state index contributed by atoms with van der Waals surface area (Å²) in [7, 11) is 0. The van der Waals surface area contributed by atoms with Crippen LogP contribution in [-0.2, 0) is 5.50 Å². The van der Waals surface area contributed by atoms with Gasteiger partial charge in [0.05, 0.1) is 0 Å². The first-order chi connectivity index (χ1) is 2.00. The van der Waals surface area contributed by atoms with Crippen molar-refractivity contribution in [1.82, 2.24) is 0 Å². The molecule has 0 aliphatic heterocycles. The molecule has 0 radical (unpaired) electrons. The minimum atomic E-state index is -0.0833. The van der Waals surface area contributed by atoms with Crippen molar-refractivity contribution >= 4 is 16.2 Å². The molecule has 4 heavy (non-hydrogen) atoms. The van der Waals surface area contributed by atoms with Crippen LogP contribution >= 0.6 is 0 Å². The quantitative estimate of drug-likeness (QED) is 0.474. The van der Waals surface area contributed by atoms with Crippen molar-refractivity contribution in [1.29, 1.82) is 0 Å². The van der Waals surface area contributed by atoms with Crippen LogP contribution in [-0.4, -0.2) is 16.2 Å². The van der Waals surface area contributed by atoms with E-state index in [1.54, 1.807) is 0 Å². The van der Waals surface area contributed by atoms with E-state index in [1.807, 2.05) is 0 Å². The van der Waals surface area contributed by atoms with E-state index < -0.39 is 0 Å². The zero-order valence-electron chi connectivity index (χ0n) is 2.10. The van der Waals surface area contributed by atoms with Gasteiger partial charge in [0.1, 0.15) is 0 Å². The minimum absolute atomic E-state index is 0.0833. The summed E-state index contributed by atoms with van der Waals surface area (Å²) in [5.41, 5.74) is 0. The second-order valence-electron chi connectivity index (χ2n) is 0. The molecule has 0 aromatic carbocycles. The molecule has 0 aliphatic carbocycles. The standard InChI is InChI=1S/Al.La.2O.H. The van der Waals surface area contributed by atoms with Gasteiger partial charge in [-0.3, -0.25) is 0 Å². The average Bonchev–Trinajstić information content (AvgIpc) is 1.50. The van der Waals surface area contributed by atoms with Crippen molar-refractivity contribution in [3.8, 4) is 0 Å². The van der Waals surface area contributed by atoms with Gasteiger partial charge in [-0.15, -0.1) is 0 Å². The SMILES string of the molecule is [O]=[AlH].[O]=[La]. The Kier molecular flexibility index (Phi) is 61.3. The zero-order valence-corrected chi connectivity index (χ0v) is 7.14. The summed E-state index contributed by atoms with van der Waals surface area (Å²) in [4.78, 5) is 0. The molecule has 0 atom stereocenters. The monoisotopic (exact) mass is 199 g/mol. The van der Waals surface area contributed by atoms with E-state index in [0.717, 1.165) is 0 Å². The molecule has 0 aromatic heterocycles. The van der Waals surface area contributed by atoms with Gasteiger partial charge in [0.2, 0.25) is 0 Å². The Labute approximate surface area is 54.9 Å². The normalized spacial score (nSPS) is 2.25. The molecule has 0 N–H and O–H groups in total. The number of hydrogen-bond acceptors (Lipinski definition) is 2. The molecule has 0 amide bonds. The molecule has 0 rings (SSSR count). The van der Waals surface area contributed by atoms with Gasteiger partial charge in [0, 0.05) is 0 Å². The summed E-state index contributed by atoms with van der Waals surface area (Å²) in [5, 5.41) is 0.